The van der Waals surface area contributed by atoms with Gasteiger partial charge < -0.3 is 0 Å². The predicted octanol–water partition coefficient (Wildman–Crippen LogP) is 6.87. The van der Waals surface area contributed by atoms with Gasteiger partial charge in [0, 0.05) is 0 Å². The van der Waals surface area contributed by atoms with Gasteiger partial charge in [0.05, 0.1) is 11.5 Å². The van der Waals surface area contributed by atoms with Crippen LogP contribution in [-0.2, 0) is 0 Å². The molecule has 0 aliphatic heterocycles. The molecular formula is C21H37N. The number of hydrogen-bond donors (Lipinski definition) is 0. The standard InChI is InChI=1S/C21H37N/c1-3-5-7-9-18-13-14-21(17-22)16-19(10-8-6-4-2)11-12-20(21)15-18/h18-20H,3-16H2,1-2H3. The summed E-state index contributed by atoms with van der Waals surface area (Å²) < 4.78 is 0. The van der Waals surface area contributed by atoms with Crippen LogP contribution in [0.25, 0.3) is 0 Å². The van der Waals surface area contributed by atoms with E-state index < -0.39 is 0 Å². The number of nitrogens with zero attached hydrogens (tertiary/aromatic N) is 1. The van der Waals surface area contributed by atoms with Gasteiger partial charge in [0.2, 0.25) is 0 Å². The smallest absolute Gasteiger partial charge is 0.0692 e. The van der Waals surface area contributed by atoms with Gasteiger partial charge in [0.25, 0.3) is 0 Å². The molecule has 2 rings (SSSR count). The molecule has 4 atom stereocenters. The zero-order valence-electron chi connectivity index (χ0n) is 15.1. The van der Waals surface area contributed by atoms with Crippen molar-refractivity contribution in [1.29, 1.82) is 5.26 Å². The molecule has 0 heterocycles. The van der Waals surface area contributed by atoms with E-state index in [2.05, 4.69) is 19.9 Å². The second-order valence-corrected chi connectivity index (χ2v) is 8.24. The molecule has 0 radical (unpaired) electrons. The fourth-order valence-electron chi connectivity index (χ4n) is 5.20. The van der Waals surface area contributed by atoms with E-state index in [0.29, 0.717) is 0 Å². The van der Waals surface area contributed by atoms with Crippen molar-refractivity contribution in [3.8, 4) is 6.07 Å². The van der Waals surface area contributed by atoms with Crippen LogP contribution in [-0.4, -0.2) is 0 Å². The van der Waals surface area contributed by atoms with E-state index in [9.17, 15) is 5.26 Å². The Morgan fingerprint density at radius 1 is 0.909 bits per heavy atom. The van der Waals surface area contributed by atoms with Gasteiger partial charge in [0.15, 0.2) is 0 Å². The van der Waals surface area contributed by atoms with Crippen molar-refractivity contribution in [2.45, 2.75) is 104 Å². The molecule has 0 aromatic rings. The topological polar surface area (TPSA) is 23.8 Å². The lowest BCUT2D eigenvalue weighted by Gasteiger charge is -2.48. The quantitative estimate of drug-likeness (QED) is 0.449. The van der Waals surface area contributed by atoms with Crippen LogP contribution >= 0.6 is 0 Å². The van der Waals surface area contributed by atoms with E-state index in [4.69, 9.17) is 0 Å². The first kappa shape index (κ1) is 17.8. The number of hydrogen-bond acceptors (Lipinski definition) is 1. The highest BCUT2D eigenvalue weighted by atomic mass is 14.5. The SMILES string of the molecule is CCCCCC1CCC2(C#N)CC(CCCCC)CCC2C1. The zero-order chi connectivity index (χ0) is 15.8. The Labute approximate surface area is 138 Å². The lowest BCUT2D eigenvalue weighted by Crippen LogP contribution is -2.40. The second kappa shape index (κ2) is 8.95. The van der Waals surface area contributed by atoms with Crippen molar-refractivity contribution in [3.63, 3.8) is 0 Å². The summed E-state index contributed by atoms with van der Waals surface area (Å²) in [6, 6.07) is 2.83. The summed E-state index contributed by atoms with van der Waals surface area (Å²) in [5.74, 6) is 2.49. The molecule has 2 aliphatic rings. The maximum atomic E-state index is 9.92. The van der Waals surface area contributed by atoms with Crippen LogP contribution in [0, 0.1) is 34.5 Å². The monoisotopic (exact) mass is 303 g/mol. The number of nitriles is 1. The zero-order valence-corrected chi connectivity index (χ0v) is 15.1. The van der Waals surface area contributed by atoms with Gasteiger partial charge >= 0.3 is 0 Å². The summed E-state index contributed by atoms with van der Waals surface area (Å²) in [6.07, 6.45) is 18.9. The van der Waals surface area contributed by atoms with Crippen molar-refractivity contribution < 1.29 is 0 Å². The minimum absolute atomic E-state index is 0.0659. The van der Waals surface area contributed by atoms with Crippen molar-refractivity contribution in [3.05, 3.63) is 0 Å². The third-order valence-electron chi connectivity index (χ3n) is 6.63. The minimum atomic E-state index is 0.0659. The van der Waals surface area contributed by atoms with Gasteiger partial charge in [0.1, 0.15) is 0 Å². The Morgan fingerprint density at radius 3 is 2.23 bits per heavy atom. The van der Waals surface area contributed by atoms with Crippen molar-refractivity contribution in [2.24, 2.45) is 23.2 Å². The number of rotatable bonds is 8. The largest absolute Gasteiger partial charge is 0.198 e. The molecule has 22 heavy (non-hydrogen) atoms. The average molecular weight is 304 g/mol. The predicted molar refractivity (Wildman–Crippen MR) is 94.5 cm³/mol. The fourth-order valence-corrected chi connectivity index (χ4v) is 5.20. The molecule has 1 nitrogen and oxygen atoms in total. The summed E-state index contributed by atoms with van der Waals surface area (Å²) in [5, 5.41) is 9.92. The van der Waals surface area contributed by atoms with Gasteiger partial charge in [-0.25, -0.2) is 0 Å². The number of unbranched alkanes of at least 4 members (excludes halogenated alkanes) is 4. The van der Waals surface area contributed by atoms with E-state index in [1.807, 2.05) is 0 Å². The average Bonchev–Trinajstić information content (AvgIpc) is 2.55. The highest BCUT2D eigenvalue weighted by molar-refractivity contribution is 5.08. The van der Waals surface area contributed by atoms with E-state index in [0.717, 1.165) is 17.8 Å². The molecule has 2 aliphatic carbocycles. The molecule has 0 bridgehead atoms. The third kappa shape index (κ3) is 4.50. The summed E-state index contributed by atoms with van der Waals surface area (Å²) in [4.78, 5) is 0. The van der Waals surface area contributed by atoms with Crippen LogP contribution in [0.15, 0.2) is 0 Å². The molecule has 0 aromatic carbocycles. The number of fused-ring (bicyclic) bond motifs is 1. The van der Waals surface area contributed by atoms with Crippen LogP contribution < -0.4 is 0 Å². The molecule has 2 saturated carbocycles. The van der Waals surface area contributed by atoms with Gasteiger partial charge in [-0.1, -0.05) is 71.6 Å². The highest BCUT2D eigenvalue weighted by Crippen LogP contribution is 2.54. The first-order chi connectivity index (χ1) is 10.7. The second-order valence-electron chi connectivity index (χ2n) is 8.24. The molecule has 126 valence electrons. The van der Waals surface area contributed by atoms with E-state index in [1.165, 1.54) is 89.9 Å². The van der Waals surface area contributed by atoms with Crippen molar-refractivity contribution in [1.82, 2.24) is 0 Å². The molecule has 4 unspecified atom stereocenters. The van der Waals surface area contributed by atoms with Crippen LogP contribution in [0.5, 0.6) is 0 Å². The summed E-state index contributed by atoms with van der Waals surface area (Å²) in [6.45, 7) is 4.58. The Hall–Kier alpha value is -0.510. The van der Waals surface area contributed by atoms with Gasteiger partial charge in [-0.2, -0.15) is 5.26 Å². The van der Waals surface area contributed by atoms with E-state index in [-0.39, 0.29) is 5.41 Å². The lowest BCUT2D eigenvalue weighted by molar-refractivity contribution is 0.0366. The molecule has 0 N–H and O–H groups in total. The maximum absolute atomic E-state index is 9.92. The Morgan fingerprint density at radius 2 is 1.59 bits per heavy atom. The molecular weight excluding hydrogens is 266 g/mol. The molecule has 2 fully saturated rings. The lowest BCUT2D eigenvalue weighted by atomic mass is 9.55. The Balaban J connectivity index is 1.85. The third-order valence-corrected chi connectivity index (χ3v) is 6.63. The molecule has 0 spiro atoms. The maximum Gasteiger partial charge on any atom is 0.0692 e. The van der Waals surface area contributed by atoms with Gasteiger partial charge in [-0.3, -0.25) is 0 Å². The van der Waals surface area contributed by atoms with Crippen molar-refractivity contribution in [2.75, 3.05) is 0 Å². The highest BCUT2D eigenvalue weighted by Gasteiger charge is 2.47. The van der Waals surface area contributed by atoms with Crippen molar-refractivity contribution >= 4 is 0 Å². The van der Waals surface area contributed by atoms with Crippen LogP contribution in [0.2, 0.25) is 0 Å². The Kier molecular flexibility index (Phi) is 7.26. The Bertz CT molecular complexity index is 355. The first-order valence-corrected chi connectivity index (χ1v) is 10.1. The van der Waals surface area contributed by atoms with Gasteiger partial charge in [-0.05, 0) is 49.9 Å². The fraction of sp³-hybridized carbons (Fsp3) is 0.952. The molecule has 1 heteroatoms. The summed E-state index contributed by atoms with van der Waals surface area (Å²) in [5.41, 5.74) is 0.0659. The summed E-state index contributed by atoms with van der Waals surface area (Å²) in [7, 11) is 0. The van der Waals surface area contributed by atoms with E-state index in [1.54, 1.807) is 0 Å². The molecule has 0 aromatic heterocycles. The molecule has 0 amide bonds. The van der Waals surface area contributed by atoms with Gasteiger partial charge in [-0.15, -0.1) is 0 Å². The van der Waals surface area contributed by atoms with Crippen LogP contribution in [0.1, 0.15) is 104 Å². The van der Waals surface area contributed by atoms with E-state index >= 15 is 0 Å². The van der Waals surface area contributed by atoms with Crippen LogP contribution in [0.3, 0.4) is 0 Å². The summed E-state index contributed by atoms with van der Waals surface area (Å²) >= 11 is 0. The normalized spacial score (nSPS) is 34.9. The molecule has 0 saturated heterocycles. The first-order valence-electron chi connectivity index (χ1n) is 10.1. The minimum Gasteiger partial charge on any atom is -0.198 e. The van der Waals surface area contributed by atoms with Crippen LogP contribution in [0.4, 0.5) is 0 Å².